The van der Waals surface area contributed by atoms with Crippen molar-refractivity contribution in [3.63, 3.8) is 0 Å². The van der Waals surface area contributed by atoms with E-state index in [-0.39, 0.29) is 18.2 Å². The fourth-order valence-corrected chi connectivity index (χ4v) is 2.94. The average molecular weight is 343 g/mol. The summed E-state index contributed by atoms with van der Waals surface area (Å²) in [6, 6.07) is 11.8. The normalized spacial score (nSPS) is 17.2. The molecule has 0 bridgehead atoms. The zero-order valence-electron chi connectivity index (χ0n) is 13.1. The number of nitrogens with zero attached hydrogens (tertiary/aromatic N) is 2. The second-order valence-electron chi connectivity index (χ2n) is 5.39. The van der Waals surface area contributed by atoms with Gasteiger partial charge in [-0.1, -0.05) is 18.2 Å². The zero-order valence-corrected chi connectivity index (χ0v) is 14.0. The number of amides is 2. The molecule has 7 heteroatoms. The van der Waals surface area contributed by atoms with Gasteiger partial charge in [-0.15, -0.1) is 0 Å². The number of anilines is 1. The van der Waals surface area contributed by atoms with Crippen molar-refractivity contribution >= 4 is 34.8 Å². The van der Waals surface area contributed by atoms with Crippen molar-refractivity contribution in [2.75, 3.05) is 11.9 Å². The summed E-state index contributed by atoms with van der Waals surface area (Å²) >= 11 is 5.32. The van der Waals surface area contributed by atoms with Gasteiger partial charge in [0.2, 0.25) is 5.91 Å². The number of hydrogen-bond acceptors (Lipinski definition) is 4. The lowest BCUT2D eigenvalue weighted by Crippen LogP contribution is -2.48. The standard InChI is InChI=1S/C17H17N3O3S/c1-18-17(24)19(11-13-8-5-9-23-13)14-10-15(21)20(16(14)22)12-6-3-2-4-7-12/h2-9,14H,10-11H2,1H3,(H,18,24). The fraction of sp³-hybridized carbons (Fsp3) is 0.235. The van der Waals surface area contributed by atoms with Gasteiger partial charge in [-0.2, -0.15) is 0 Å². The molecule has 2 aromatic rings. The Hall–Kier alpha value is -2.67. The topological polar surface area (TPSA) is 65.8 Å². The number of imide groups is 1. The third-order valence-electron chi connectivity index (χ3n) is 3.89. The van der Waals surface area contributed by atoms with E-state index >= 15 is 0 Å². The molecule has 0 aliphatic carbocycles. The minimum atomic E-state index is -0.650. The van der Waals surface area contributed by atoms with Gasteiger partial charge in [0.25, 0.3) is 5.91 Å². The number of benzene rings is 1. The van der Waals surface area contributed by atoms with Crippen LogP contribution in [0.15, 0.2) is 53.1 Å². The largest absolute Gasteiger partial charge is 0.467 e. The molecule has 1 aliphatic heterocycles. The van der Waals surface area contributed by atoms with Gasteiger partial charge in [-0.3, -0.25) is 9.59 Å². The molecule has 0 saturated carbocycles. The Bertz CT molecular complexity index is 746. The van der Waals surface area contributed by atoms with E-state index in [0.29, 0.717) is 23.1 Å². The quantitative estimate of drug-likeness (QED) is 0.676. The van der Waals surface area contributed by atoms with Crippen molar-refractivity contribution in [3.8, 4) is 0 Å². The molecule has 1 unspecified atom stereocenters. The molecular formula is C17H17N3O3S. The van der Waals surface area contributed by atoms with Crippen molar-refractivity contribution < 1.29 is 14.0 Å². The molecule has 1 aliphatic rings. The zero-order chi connectivity index (χ0) is 17.1. The number of nitrogens with one attached hydrogen (secondary N) is 1. The lowest BCUT2D eigenvalue weighted by atomic mass is 10.2. The second-order valence-corrected chi connectivity index (χ2v) is 5.77. The number of para-hydroxylation sites is 1. The van der Waals surface area contributed by atoms with E-state index in [4.69, 9.17) is 16.6 Å². The van der Waals surface area contributed by atoms with Crippen LogP contribution >= 0.6 is 12.2 Å². The summed E-state index contributed by atoms with van der Waals surface area (Å²) in [5.74, 6) is 0.154. The van der Waals surface area contributed by atoms with Crippen LogP contribution in [0.4, 0.5) is 5.69 Å². The monoisotopic (exact) mass is 343 g/mol. The highest BCUT2D eigenvalue weighted by atomic mass is 32.1. The summed E-state index contributed by atoms with van der Waals surface area (Å²) in [7, 11) is 1.69. The summed E-state index contributed by atoms with van der Waals surface area (Å²) < 4.78 is 5.35. The molecule has 1 fully saturated rings. The predicted molar refractivity (Wildman–Crippen MR) is 93.2 cm³/mol. The van der Waals surface area contributed by atoms with Crippen molar-refractivity contribution in [2.24, 2.45) is 0 Å². The molecule has 124 valence electrons. The van der Waals surface area contributed by atoms with E-state index in [1.807, 2.05) is 12.1 Å². The van der Waals surface area contributed by atoms with Gasteiger partial charge in [0.05, 0.1) is 24.9 Å². The van der Waals surface area contributed by atoms with Crippen LogP contribution in [0.1, 0.15) is 12.2 Å². The van der Waals surface area contributed by atoms with Gasteiger partial charge in [0, 0.05) is 7.05 Å². The number of thiocarbonyl (C=S) groups is 1. The molecule has 24 heavy (non-hydrogen) atoms. The van der Waals surface area contributed by atoms with Crippen molar-refractivity contribution in [2.45, 2.75) is 19.0 Å². The van der Waals surface area contributed by atoms with E-state index in [1.165, 1.54) is 4.90 Å². The molecule has 3 rings (SSSR count). The van der Waals surface area contributed by atoms with Crippen molar-refractivity contribution in [1.82, 2.24) is 10.2 Å². The smallest absolute Gasteiger partial charge is 0.257 e. The Morgan fingerprint density at radius 1 is 1.29 bits per heavy atom. The van der Waals surface area contributed by atoms with Gasteiger partial charge >= 0.3 is 0 Å². The second kappa shape index (κ2) is 6.84. The molecule has 1 atom stereocenters. The number of carbonyl (C=O) groups excluding carboxylic acids is 2. The van der Waals surface area contributed by atoms with Crippen LogP contribution in [0.25, 0.3) is 0 Å². The predicted octanol–water partition coefficient (Wildman–Crippen LogP) is 1.92. The van der Waals surface area contributed by atoms with E-state index in [0.717, 1.165) is 0 Å². The van der Waals surface area contributed by atoms with Crippen LogP contribution in [-0.2, 0) is 16.1 Å². The molecule has 1 N–H and O–H groups in total. The lowest BCUT2D eigenvalue weighted by molar-refractivity contribution is -0.122. The molecule has 1 saturated heterocycles. The maximum absolute atomic E-state index is 12.9. The van der Waals surface area contributed by atoms with E-state index in [1.54, 1.807) is 48.5 Å². The van der Waals surface area contributed by atoms with Gasteiger partial charge in [0.15, 0.2) is 5.11 Å². The highest BCUT2D eigenvalue weighted by Crippen LogP contribution is 2.26. The first-order chi connectivity index (χ1) is 11.6. The Morgan fingerprint density at radius 3 is 2.67 bits per heavy atom. The maximum Gasteiger partial charge on any atom is 0.257 e. The average Bonchev–Trinajstić information content (AvgIpc) is 3.20. The van der Waals surface area contributed by atoms with E-state index in [9.17, 15) is 9.59 Å². The SMILES string of the molecule is CNC(=S)N(Cc1ccco1)C1CC(=O)N(c2ccccc2)C1=O. The minimum absolute atomic E-state index is 0.0796. The number of furan rings is 1. The molecule has 6 nitrogen and oxygen atoms in total. The summed E-state index contributed by atoms with van der Waals surface area (Å²) in [5.41, 5.74) is 0.573. The molecular weight excluding hydrogens is 326 g/mol. The Kier molecular flexibility index (Phi) is 4.61. The van der Waals surface area contributed by atoms with Crippen LogP contribution in [-0.4, -0.2) is 34.9 Å². The molecule has 0 spiro atoms. The Labute approximate surface area is 145 Å². The van der Waals surface area contributed by atoms with Crippen LogP contribution < -0.4 is 10.2 Å². The number of rotatable bonds is 4. The molecule has 2 amide bonds. The minimum Gasteiger partial charge on any atom is -0.467 e. The van der Waals surface area contributed by atoms with Crippen molar-refractivity contribution in [3.05, 3.63) is 54.5 Å². The summed E-state index contributed by atoms with van der Waals surface area (Å²) in [5, 5.41) is 3.27. The highest BCUT2D eigenvalue weighted by Gasteiger charge is 2.43. The molecule has 1 aromatic heterocycles. The number of hydrogen-bond donors (Lipinski definition) is 1. The lowest BCUT2D eigenvalue weighted by Gasteiger charge is -2.28. The Morgan fingerprint density at radius 2 is 2.04 bits per heavy atom. The van der Waals surface area contributed by atoms with Gasteiger partial charge in [-0.05, 0) is 36.5 Å². The molecule has 2 heterocycles. The molecule has 1 aromatic carbocycles. The summed E-state index contributed by atoms with van der Waals surface area (Å²) in [6.07, 6.45) is 1.64. The van der Waals surface area contributed by atoms with Crippen LogP contribution in [0, 0.1) is 0 Å². The van der Waals surface area contributed by atoms with Gasteiger partial charge in [0.1, 0.15) is 11.8 Å². The summed E-state index contributed by atoms with van der Waals surface area (Å²) in [6.45, 7) is 0.318. The molecule has 0 radical (unpaired) electrons. The third kappa shape index (κ3) is 3.03. The van der Waals surface area contributed by atoms with E-state index in [2.05, 4.69) is 5.32 Å². The summed E-state index contributed by atoms with van der Waals surface area (Å²) in [4.78, 5) is 28.2. The third-order valence-corrected chi connectivity index (χ3v) is 4.33. The van der Waals surface area contributed by atoms with Crippen LogP contribution in [0.5, 0.6) is 0 Å². The number of carbonyl (C=O) groups is 2. The van der Waals surface area contributed by atoms with Gasteiger partial charge in [-0.25, -0.2) is 4.90 Å². The van der Waals surface area contributed by atoms with Crippen LogP contribution in [0.3, 0.4) is 0 Å². The highest BCUT2D eigenvalue weighted by molar-refractivity contribution is 7.80. The first-order valence-corrected chi connectivity index (χ1v) is 7.95. The van der Waals surface area contributed by atoms with Crippen molar-refractivity contribution in [1.29, 1.82) is 0 Å². The first kappa shape index (κ1) is 16.2. The Balaban J connectivity index is 1.87. The van der Waals surface area contributed by atoms with E-state index < -0.39 is 6.04 Å². The van der Waals surface area contributed by atoms with Crippen LogP contribution in [0.2, 0.25) is 0 Å². The maximum atomic E-state index is 12.9. The fourth-order valence-electron chi connectivity index (χ4n) is 2.75. The first-order valence-electron chi connectivity index (χ1n) is 7.54. The van der Waals surface area contributed by atoms with Gasteiger partial charge < -0.3 is 14.6 Å².